The first-order chi connectivity index (χ1) is 10.1. The molecule has 1 aromatic heterocycles. The van der Waals surface area contributed by atoms with Crippen molar-refractivity contribution in [2.24, 2.45) is 0 Å². The maximum Gasteiger partial charge on any atom is 0.269 e. The van der Waals surface area contributed by atoms with Crippen LogP contribution in [0.3, 0.4) is 0 Å². The van der Waals surface area contributed by atoms with Crippen LogP contribution in [0.15, 0.2) is 30.6 Å². The van der Waals surface area contributed by atoms with E-state index in [0.717, 1.165) is 13.0 Å². The lowest BCUT2D eigenvalue weighted by molar-refractivity contribution is -0.384. The summed E-state index contributed by atoms with van der Waals surface area (Å²) in [6.45, 7) is 4.60. The number of anilines is 1. The molecular formula is C14H16N4O3. The summed E-state index contributed by atoms with van der Waals surface area (Å²) in [5.41, 5.74) is 0.696. The molecule has 0 aliphatic heterocycles. The molecule has 0 aliphatic carbocycles. The largest absolute Gasteiger partial charge is 0.437 e. The Morgan fingerprint density at radius 3 is 2.86 bits per heavy atom. The Balaban J connectivity index is 2.16. The van der Waals surface area contributed by atoms with Gasteiger partial charge in [-0.25, -0.2) is 0 Å². The Labute approximate surface area is 122 Å². The minimum atomic E-state index is -0.439. The smallest absolute Gasteiger partial charge is 0.269 e. The van der Waals surface area contributed by atoms with Crippen LogP contribution in [0, 0.1) is 17.0 Å². The lowest BCUT2D eigenvalue weighted by atomic mass is 10.2. The number of hydrogen-bond acceptors (Lipinski definition) is 6. The molecule has 0 saturated carbocycles. The highest BCUT2D eigenvalue weighted by Gasteiger charge is 2.10. The summed E-state index contributed by atoms with van der Waals surface area (Å²) in [4.78, 5) is 18.6. The van der Waals surface area contributed by atoms with Gasteiger partial charge in [-0.15, -0.1) is 0 Å². The van der Waals surface area contributed by atoms with Gasteiger partial charge in [-0.3, -0.25) is 15.1 Å². The number of hydrogen-bond donors (Lipinski definition) is 1. The van der Waals surface area contributed by atoms with E-state index in [1.54, 1.807) is 19.2 Å². The van der Waals surface area contributed by atoms with E-state index in [4.69, 9.17) is 4.74 Å². The van der Waals surface area contributed by atoms with Gasteiger partial charge in [0, 0.05) is 18.7 Å². The Morgan fingerprint density at radius 2 is 2.19 bits per heavy atom. The van der Waals surface area contributed by atoms with Gasteiger partial charge >= 0.3 is 0 Å². The maximum atomic E-state index is 10.7. The molecule has 1 aromatic carbocycles. The van der Waals surface area contributed by atoms with E-state index in [1.165, 1.54) is 18.3 Å². The third-order valence-electron chi connectivity index (χ3n) is 2.75. The zero-order valence-corrected chi connectivity index (χ0v) is 11.9. The standard InChI is InChI=1S/C14H16N4O3/c1-3-6-16-13-8-15-9-14(17-13)21-12-5-4-11(18(19)20)7-10(12)2/h4-5,7-9H,3,6H2,1-2H3,(H,16,17). The molecule has 21 heavy (non-hydrogen) atoms. The van der Waals surface area contributed by atoms with Crippen molar-refractivity contribution in [2.75, 3.05) is 11.9 Å². The molecule has 0 fully saturated rings. The predicted octanol–water partition coefficient (Wildman–Crippen LogP) is 3.31. The van der Waals surface area contributed by atoms with Gasteiger partial charge in [0.2, 0.25) is 5.88 Å². The summed E-state index contributed by atoms with van der Waals surface area (Å²) in [5.74, 6) is 1.49. The Hall–Kier alpha value is -2.70. The molecule has 0 radical (unpaired) electrons. The molecule has 1 heterocycles. The summed E-state index contributed by atoms with van der Waals surface area (Å²) in [6, 6.07) is 4.41. The number of rotatable bonds is 6. The number of nitro groups is 1. The van der Waals surface area contributed by atoms with Crippen molar-refractivity contribution in [1.82, 2.24) is 9.97 Å². The fraction of sp³-hybridized carbons (Fsp3) is 0.286. The van der Waals surface area contributed by atoms with Crippen molar-refractivity contribution in [3.63, 3.8) is 0 Å². The lowest BCUT2D eigenvalue weighted by Gasteiger charge is -2.09. The SMILES string of the molecule is CCCNc1cncc(Oc2ccc([N+](=O)[O-])cc2C)n1. The number of non-ortho nitro benzene ring substituents is 1. The molecule has 2 aromatic rings. The Kier molecular flexibility index (Phi) is 4.65. The van der Waals surface area contributed by atoms with Crippen molar-refractivity contribution in [2.45, 2.75) is 20.3 Å². The van der Waals surface area contributed by atoms with E-state index >= 15 is 0 Å². The first kappa shape index (κ1) is 14.7. The third-order valence-corrected chi connectivity index (χ3v) is 2.75. The number of ether oxygens (including phenoxy) is 1. The van der Waals surface area contributed by atoms with Gasteiger partial charge in [-0.05, 0) is 25.0 Å². The molecule has 110 valence electrons. The molecule has 0 aliphatic rings. The second-order valence-corrected chi connectivity index (χ2v) is 4.48. The molecule has 1 N–H and O–H groups in total. The molecule has 0 spiro atoms. The van der Waals surface area contributed by atoms with Gasteiger partial charge in [0.05, 0.1) is 17.3 Å². The number of aromatic nitrogens is 2. The molecular weight excluding hydrogens is 272 g/mol. The van der Waals surface area contributed by atoms with Gasteiger partial charge in [0.15, 0.2) is 0 Å². The first-order valence-electron chi connectivity index (χ1n) is 6.59. The summed E-state index contributed by atoms with van der Waals surface area (Å²) in [5, 5.41) is 13.8. The van der Waals surface area contributed by atoms with Crippen LogP contribution in [-0.4, -0.2) is 21.4 Å². The van der Waals surface area contributed by atoms with Gasteiger partial charge in [0.1, 0.15) is 11.6 Å². The van der Waals surface area contributed by atoms with Crippen LogP contribution < -0.4 is 10.1 Å². The second kappa shape index (κ2) is 6.65. The molecule has 0 unspecified atom stereocenters. The van der Waals surface area contributed by atoms with Crippen molar-refractivity contribution < 1.29 is 9.66 Å². The Bertz CT molecular complexity index is 646. The van der Waals surface area contributed by atoms with Gasteiger partial charge in [-0.1, -0.05) is 6.92 Å². The highest BCUT2D eigenvalue weighted by atomic mass is 16.6. The first-order valence-corrected chi connectivity index (χ1v) is 6.59. The van der Waals surface area contributed by atoms with E-state index in [-0.39, 0.29) is 5.69 Å². The van der Waals surface area contributed by atoms with Gasteiger partial charge in [-0.2, -0.15) is 4.98 Å². The number of aryl methyl sites for hydroxylation is 1. The third kappa shape index (κ3) is 3.88. The number of nitrogens with zero attached hydrogens (tertiary/aromatic N) is 3. The molecule has 0 amide bonds. The Morgan fingerprint density at radius 1 is 1.38 bits per heavy atom. The molecule has 2 rings (SSSR count). The average Bonchev–Trinajstić information content (AvgIpc) is 2.47. The van der Waals surface area contributed by atoms with Crippen molar-refractivity contribution >= 4 is 11.5 Å². The monoisotopic (exact) mass is 288 g/mol. The molecule has 0 atom stereocenters. The van der Waals surface area contributed by atoms with E-state index in [9.17, 15) is 10.1 Å². The van der Waals surface area contributed by atoms with E-state index in [0.29, 0.717) is 23.0 Å². The maximum absolute atomic E-state index is 10.7. The quantitative estimate of drug-likeness (QED) is 0.647. The fourth-order valence-corrected chi connectivity index (χ4v) is 1.71. The summed E-state index contributed by atoms with van der Waals surface area (Å²) >= 11 is 0. The minimum Gasteiger partial charge on any atom is -0.437 e. The van der Waals surface area contributed by atoms with E-state index in [2.05, 4.69) is 22.2 Å². The molecule has 0 bridgehead atoms. The minimum absolute atomic E-state index is 0.0318. The van der Waals surface area contributed by atoms with Crippen LogP contribution in [0.1, 0.15) is 18.9 Å². The van der Waals surface area contributed by atoms with Crippen LogP contribution in [0.25, 0.3) is 0 Å². The second-order valence-electron chi connectivity index (χ2n) is 4.48. The number of nitro benzene ring substituents is 1. The zero-order chi connectivity index (χ0) is 15.2. The predicted molar refractivity (Wildman–Crippen MR) is 78.7 cm³/mol. The van der Waals surface area contributed by atoms with Crippen LogP contribution in [0.5, 0.6) is 11.6 Å². The van der Waals surface area contributed by atoms with Crippen LogP contribution in [0.2, 0.25) is 0 Å². The lowest BCUT2D eigenvalue weighted by Crippen LogP contribution is -2.03. The van der Waals surface area contributed by atoms with Crippen molar-refractivity contribution in [1.29, 1.82) is 0 Å². The van der Waals surface area contributed by atoms with Gasteiger partial charge < -0.3 is 10.1 Å². The van der Waals surface area contributed by atoms with Crippen LogP contribution in [-0.2, 0) is 0 Å². The summed E-state index contributed by atoms with van der Waals surface area (Å²) in [7, 11) is 0. The van der Waals surface area contributed by atoms with E-state index in [1.807, 2.05) is 0 Å². The highest BCUT2D eigenvalue weighted by Crippen LogP contribution is 2.27. The fourth-order valence-electron chi connectivity index (χ4n) is 1.71. The molecule has 7 heteroatoms. The average molecular weight is 288 g/mol. The van der Waals surface area contributed by atoms with E-state index < -0.39 is 4.92 Å². The summed E-state index contributed by atoms with van der Waals surface area (Å²) in [6.07, 6.45) is 4.09. The number of benzene rings is 1. The highest BCUT2D eigenvalue weighted by molar-refractivity contribution is 5.44. The molecule has 7 nitrogen and oxygen atoms in total. The van der Waals surface area contributed by atoms with Crippen LogP contribution in [0.4, 0.5) is 11.5 Å². The number of nitrogens with one attached hydrogen (secondary N) is 1. The normalized spacial score (nSPS) is 10.2. The van der Waals surface area contributed by atoms with Crippen molar-refractivity contribution in [3.8, 4) is 11.6 Å². The molecule has 0 saturated heterocycles. The summed E-state index contributed by atoms with van der Waals surface area (Å²) < 4.78 is 5.63. The topological polar surface area (TPSA) is 90.2 Å². The van der Waals surface area contributed by atoms with Gasteiger partial charge in [0.25, 0.3) is 5.69 Å². The zero-order valence-electron chi connectivity index (χ0n) is 11.9. The van der Waals surface area contributed by atoms with Crippen LogP contribution >= 0.6 is 0 Å². The van der Waals surface area contributed by atoms with Crippen molar-refractivity contribution in [3.05, 3.63) is 46.3 Å².